The number of nitrogens with zero attached hydrogens (tertiary/aromatic N) is 2. The first-order valence-electron chi connectivity index (χ1n) is 9.60. The summed E-state index contributed by atoms with van der Waals surface area (Å²) >= 11 is 0. The summed E-state index contributed by atoms with van der Waals surface area (Å²) in [6, 6.07) is 12.7. The van der Waals surface area contributed by atoms with E-state index in [0.717, 1.165) is 56.9 Å². The number of piperazine rings is 1. The van der Waals surface area contributed by atoms with Crippen LogP contribution >= 0.6 is 0 Å². The first-order valence-corrected chi connectivity index (χ1v) is 9.60. The second kappa shape index (κ2) is 9.72. The second-order valence-corrected chi connectivity index (χ2v) is 7.08. The molecule has 0 radical (unpaired) electrons. The number of likely N-dealkylation sites (N-methyl/N-ethyl adjacent to an activating group) is 1. The lowest BCUT2D eigenvalue weighted by atomic mass is 10.1. The van der Waals surface area contributed by atoms with Crippen LogP contribution in [0.25, 0.3) is 0 Å². The highest BCUT2D eigenvalue weighted by atomic mass is 19.1. The van der Waals surface area contributed by atoms with Crippen LogP contribution < -0.4 is 9.47 Å². The molecular weight excluding hydrogens is 343 g/mol. The fourth-order valence-corrected chi connectivity index (χ4v) is 3.41. The maximum absolute atomic E-state index is 13.9. The lowest BCUT2D eigenvalue weighted by Gasteiger charge is -2.32. The molecule has 1 heterocycles. The van der Waals surface area contributed by atoms with Gasteiger partial charge in [0.15, 0.2) is 11.5 Å². The summed E-state index contributed by atoms with van der Waals surface area (Å²) < 4.78 is 25.4. The molecule has 0 amide bonds. The van der Waals surface area contributed by atoms with Crippen LogP contribution in [0.4, 0.5) is 4.39 Å². The minimum atomic E-state index is -0.246. The molecule has 4 nitrogen and oxygen atoms in total. The molecule has 27 heavy (non-hydrogen) atoms. The lowest BCUT2D eigenvalue weighted by molar-refractivity contribution is 0.153. The summed E-state index contributed by atoms with van der Waals surface area (Å²) in [7, 11) is 3.81. The van der Waals surface area contributed by atoms with Crippen molar-refractivity contribution in [3.05, 3.63) is 59.4 Å². The average Bonchev–Trinajstić information content (AvgIpc) is 2.69. The Balaban J connectivity index is 1.61. The molecule has 0 saturated carbocycles. The first kappa shape index (κ1) is 19.6. The molecular formula is C22H29FN2O2. The Kier molecular flexibility index (Phi) is 7.07. The van der Waals surface area contributed by atoms with Gasteiger partial charge in [-0.2, -0.15) is 0 Å². The van der Waals surface area contributed by atoms with Gasteiger partial charge in [-0.05, 0) is 44.1 Å². The van der Waals surface area contributed by atoms with Crippen LogP contribution in [0.5, 0.6) is 11.5 Å². The van der Waals surface area contributed by atoms with E-state index in [1.54, 1.807) is 19.2 Å². The molecule has 1 fully saturated rings. The Morgan fingerprint density at radius 1 is 0.963 bits per heavy atom. The van der Waals surface area contributed by atoms with Gasteiger partial charge in [-0.25, -0.2) is 4.39 Å². The molecule has 0 unspecified atom stereocenters. The summed E-state index contributed by atoms with van der Waals surface area (Å²) in [6.07, 6.45) is 1.98. The van der Waals surface area contributed by atoms with Crippen molar-refractivity contribution in [2.24, 2.45) is 0 Å². The molecule has 0 aromatic heterocycles. The number of methoxy groups -OCH3 is 1. The third kappa shape index (κ3) is 5.44. The van der Waals surface area contributed by atoms with Crippen molar-refractivity contribution in [1.29, 1.82) is 0 Å². The lowest BCUT2D eigenvalue weighted by Crippen LogP contribution is -2.44. The number of hydrogen-bond acceptors (Lipinski definition) is 4. The summed E-state index contributed by atoms with van der Waals surface area (Å²) in [6.45, 7) is 5.80. The van der Waals surface area contributed by atoms with Gasteiger partial charge in [-0.15, -0.1) is 0 Å². The second-order valence-electron chi connectivity index (χ2n) is 7.08. The topological polar surface area (TPSA) is 24.9 Å². The van der Waals surface area contributed by atoms with Gasteiger partial charge in [-0.3, -0.25) is 0 Å². The van der Waals surface area contributed by atoms with E-state index in [1.807, 2.05) is 18.2 Å². The van der Waals surface area contributed by atoms with Gasteiger partial charge < -0.3 is 19.3 Å². The van der Waals surface area contributed by atoms with Gasteiger partial charge in [-0.1, -0.05) is 30.3 Å². The van der Waals surface area contributed by atoms with Crippen molar-refractivity contribution < 1.29 is 13.9 Å². The molecule has 1 aliphatic rings. The molecule has 0 atom stereocenters. The largest absolute Gasteiger partial charge is 0.493 e. The van der Waals surface area contributed by atoms with Crippen molar-refractivity contribution in [3.63, 3.8) is 0 Å². The van der Waals surface area contributed by atoms with Gasteiger partial charge in [0.05, 0.1) is 7.11 Å². The van der Waals surface area contributed by atoms with Gasteiger partial charge in [0.2, 0.25) is 0 Å². The monoisotopic (exact) mass is 372 g/mol. The Labute approximate surface area is 161 Å². The molecule has 2 aromatic rings. The molecule has 0 spiro atoms. The number of benzene rings is 2. The third-order valence-corrected chi connectivity index (χ3v) is 5.13. The average molecular weight is 372 g/mol. The number of ether oxygens (including phenoxy) is 2. The first-order chi connectivity index (χ1) is 13.2. The fourth-order valence-electron chi connectivity index (χ4n) is 3.41. The van der Waals surface area contributed by atoms with Crippen LogP contribution in [-0.2, 0) is 13.0 Å². The van der Waals surface area contributed by atoms with E-state index in [2.05, 4.69) is 22.9 Å². The van der Waals surface area contributed by atoms with Crippen LogP contribution in [0.2, 0.25) is 0 Å². The molecule has 146 valence electrons. The van der Waals surface area contributed by atoms with E-state index in [0.29, 0.717) is 11.3 Å². The number of aryl methyl sites for hydroxylation is 1. The van der Waals surface area contributed by atoms with E-state index in [9.17, 15) is 4.39 Å². The predicted octanol–water partition coefficient (Wildman–Crippen LogP) is 3.59. The van der Waals surface area contributed by atoms with Crippen molar-refractivity contribution in [2.75, 3.05) is 46.9 Å². The number of halogens is 1. The zero-order valence-corrected chi connectivity index (χ0v) is 16.3. The third-order valence-electron chi connectivity index (χ3n) is 5.13. The highest BCUT2D eigenvalue weighted by molar-refractivity contribution is 5.46. The number of hydrogen-bond donors (Lipinski definition) is 0. The zero-order valence-electron chi connectivity index (χ0n) is 16.3. The summed E-state index contributed by atoms with van der Waals surface area (Å²) in [5.41, 5.74) is 1.66. The molecule has 0 N–H and O–H groups in total. The molecule has 1 saturated heterocycles. The molecule has 2 aromatic carbocycles. The fraction of sp³-hybridized carbons (Fsp3) is 0.455. The van der Waals surface area contributed by atoms with Crippen LogP contribution in [0, 0.1) is 5.82 Å². The van der Waals surface area contributed by atoms with E-state index < -0.39 is 0 Å². The van der Waals surface area contributed by atoms with E-state index >= 15 is 0 Å². The van der Waals surface area contributed by atoms with Crippen molar-refractivity contribution in [3.8, 4) is 11.5 Å². The van der Waals surface area contributed by atoms with E-state index in [1.165, 1.54) is 6.07 Å². The zero-order chi connectivity index (χ0) is 19.1. The quantitative estimate of drug-likeness (QED) is 0.707. The van der Waals surface area contributed by atoms with Gasteiger partial charge in [0.1, 0.15) is 12.4 Å². The predicted molar refractivity (Wildman–Crippen MR) is 106 cm³/mol. The minimum absolute atomic E-state index is 0.193. The van der Waals surface area contributed by atoms with Crippen LogP contribution in [-0.4, -0.2) is 56.7 Å². The number of rotatable bonds is 8. The van der Waals surface area contributed by atoms with Crippen molar-refractivity contribution in [1.82, 2.24) is 9.80 Å². The van der Waals surface area contributed by atoms with E-state index in [4.69, 9.17) is 9.47 Å². The highest BCUT2D eigenvalue weighted by Crippen LogP contribution is 2.33. The molecule has 1 aliphatic heterocycles. The SMILES string of the molecule is COc1cccc(CCCN2CCN(C)CC2)c1OCc1ccccc1F. The Morgan fingerprint density at radius 2 is 1.70 bits per heavy atom. The van der Waals surface area contributed by atoms with Gasteiger partial charge >= 0.3 is 0 Å². The minimum Gasteiger partial charge on any atom is -0.493 e. The van der Waals surface area contributed by atoms with Crippen molar-refractivity contribution in [2.45, 2.75) is 19.4 Å². The summed E-state index contributed by atoms with van der Waals surface area (Å²) in [5.74, 6) is 1.18. The summed E-state index contributed by atoms with van der Waals surface area (Å²) in [4.78, 5) is 4.88. The van der Waals surface area contributed by atoms with E-state index in [-0.39, 0.29) is 12.4 Å². The maximum Gasteiger partial charge on any atom is 0.164 e. The Morgan fingerprint density at radius 3 is 2.44 bits per heavy atom. The standard InChI is InChI=1S/C22H29FN2O2/c1-24-13-15-25(16-14-24)12-6-9-18-8-5-11-21(26-2)22(18)27-17-19-7-3-4-10-20(19)23/h3-5,7-8,10-11H,6,9,12-17H2,1-2H3. The van der Waals surface area contributed by atoms with Crippen LogP contribution in [0.1, 0.15) is 17.5 Å². The van der Waals surface area contributed by atoms with Crippen LogP contribution in [0.15, 0.2) is 42.5 Å². The van der Waals surface area contributed by atoms with Gasteiger partial charge in [0.25, 0.3) is 0 Å². The molecule has 5 heteroatoms. The Bertz CT molecular complexity index is 730. The van der Waals surface area contributed by atoms with Gasteiger partial charge in [0, 0.05) is 31.7 Å². The molecule has 3 rings (SSSR count). The molecule has 0 bridgehead atoms. The maximum atomic E-state index is 13.9. The highest BCUT2D eigenvalue weighted by Gasteiger charge is 2.15. The van der Waals surface area contributed by atoms with Crippen LogP contribution in [0.3, 0.4) is 0 Å². The van der Waals surface area contributed by atoms with Crippen molar-refractivity contribution >= 4 is 0 Å². The molecule has 0 aliphatic carbocycles. The smallest absolute Gasteiger partial charge is 0.164 e. The summed E-state index contributed by atoms with van der Waals surface area (Å²) in [5, 5.41) is 0. The Hall–Kier alpha value is -2.11. The number of para-hydroxylation sites is 1. The normalized spacial score (nSPS) is 15.7.